The third-order valence-corrected chi connectivity index (χ3v) is 2.65. The van der Waals surface area contributed by atoms with Gasteiger partial charge >= 0.3 is 6.18 Å². The van der Waals surface area contributed by atoms with Crippen molar-refractivity contribution in [1.29, 1.82) is 0 Å². The van der Waals surface area contributed by atoms with E-state index < -0.39 is 17.6 Å². The molecule has 2 rings (SSSR count). The first kappa shape index (κ1) is 14.8. The molecule has 0 radical (unpaired) electrons. The summed E-state index contributed by atoms with van der Waals surface area (Å²) in [6.07, 6.45) is -1.75. The Labute approximate surface area is 118 Å². The summed E-state index contributed by atoms with van der Waals surface area (Å²) < 4.78 is 37.8. The van der Waals surface area contributed by atoms with Crippen LogP contribution in [0.15, 0.2) is 36.7 Å². The van der Waals surface area contributed by atoms with Crippen molar-refractivity contribution in [3.05, 3.63) is 53.5 Å². The molecule has 0 aliphatic heterocycles. The fourth-order valence-corrected chi connectivity index (χ4v) is 1.69. The van der Waals surface area contributed by atoms with Gasteiger partial charge in [-0.2, -0.15) is 13.2 Å². The third-order valence-electron chi connectivity index (χ3n) is 2.65. The summed E-state index contributed by atoms with van der Waals surface area (Å²) in [6, 6.07) is 4.85. The second-order valence-electron chi connectivity index (χ2n) is 4.17. The first-order chi connectivity index (χ1) is 9.88. The number of nitrogens with zero attached hydrogens (tertiary/aromatic N) is 2. The van der Waals surface area contributed by atoms with E-state index in [0.717, 1.165) is 12.1 Å². The van der Waals surface area contributed by atoms with Crippen LogP contribution in [0.5, 0.6) is 0 Å². The number of halogens is 3. The van der Waals surface area contributed by atoms with Gasteiger partial charge in [-0.3, -0.25) is 4.79 Å². The van der Waals surface area contributed by atoms with Crippen molar-refractivity contribution in [2.24, 2.45) is 5.73 Å². The summed E-state index contributed by atoms with van der Waals surface area (Å²) in [6.45, 7) is 0.0584. The van der Waals surface area contributed by atoms with E-state index in [1.165, 1.54) is 24.5 Å². The van der Waals surface area contributed by atoms with Gasteiger partial charge in [-0.15, -0.1) is 0 Å². The Bertz CT molecular complexity index is 658. The molecule has 3 N–H and O–H groups in total. The predicted molar refractivity (Wildman–Crippen MR) is 69.3 cm³/mol. The number of hydrogen-bond acceptors (Lipinski definition) is 4. The number of alkyl halides is 3. The molecule has 0 bridgehead atoms. The average molecular weight is 296 g/mol. The van der Waals surface area contributed by atoms with Gasteiger partial charge in [0.1, 0.15) is 0 Å². The molecule has 1 aromatic heterocycles. The van der Waals surface area contributed by atoms with Gasteiger partial charge in [0, 0.05) is 18.9 Å². The zero-order valence-corrected chi connectivity index (χ0v) is 10.7. The first-order valence-electron chi connectivity index (χ1n) is 5.89. The van der Waals surface area contributed by atoms with E-state index in [-0.39, 0.29) is 18.1 Å². The zero-order valence-electron chi connectivity index (χ0n) is 10.7. The number of carbonyl (C=O) groups is 1. The van der Waals surface area contributed by atoms with Crippen LogP contribution in [0.1, 0.15) is 21.6 Å². The standard InChI is InChI=1S/C13H11F3N4O/c14-13(15,16)9-3-1-2-8(6-9)7-20-12-10(11(17)21)18-4-5-19-12/h1-6H,7H2,(H2,17,21)(H,19,20). The minimum absolute atomic E-state index is 0.0584. The van der Waals surface area contributed by atoms with Crippen LogP contribution in [-0.4, -0.2) is 15.9 Å². The molecule has 1 aromatic carbocycles. The van der Waals surface area contributed by atoms with Gasteiger partial charge in [-0.25, -0.2) is 9.97 Å². The maximum atomic E-state index is 12.6. The lowest BCUT2D eigenvalue weighted by Crippen LogP contribution is -2.17. The highest BCUT2D eigenvalue weighted by molar-refractivity contribution is 5.95. The summed E-state index contributed by atoms with van der Waals surface area (Å²) in [7, 11) is 0. The van der Waals surface area contributed by atoms with E-state index >= 15 is 0 Å². The molecular formula is C13H11F3N4O. The fourth-order valence-electron chi connectivity index (χ4n) is 1.69. The topological polar surface area (TPSA) is 80.9 Å². The van der Waals surface area contributed by atoms with Gasteiger partial charge in [0.05, 0.1) is 5.56 Å². The van der Waals surface area contributed by atoms with Crippen LogP contribution in [-0.2, 0) is 12.7 Å². The summed E-state index contributed by atoms with van der Waals surface area (Å²) in [5.74, 6) is -0.642. The molecule has 8 heteroatoms. The van der Waals surface area contributed by atoms with Crippen LogP contribution in [0.2, 0.25) is 0 Å². The number of benzene rings is 1. The van der Waals surface area contributed by atoms with Gasteiger partial charge in [0.15, 0.2) is 11.5 Å². The van der Waals surface area contributed by atoms with Crippen molar-refractivity contribution >= 4 is 11.7 Å². The second kappa shape index (κ2) is 5.78. The second-order valence-corrected chi connectivity index (χ2v) is 4.17. The highest BCUT2D eigenvalue weighted by atomic mass is 19.4. The normalized spacial score (nSPS) is 11.2. The van der Waals surface area contributed by atoms with Crippen molar-refractivity contribution < 1.29 is 18.0 Å². The van der Waals surface area contributed by atoms with Crippen LogP contribution in [0.25, 0.3) is 0 Å². The quantitative estimate of drug-likeness (QED) is 0.906. The summed E-state index contributed by atoms with van der Waals surface area (Å²) in [4.78, 5) is 18.8. The van der Waals surface area contributed by atoms with E-state index in [1.807, 2.05) is 0 Å². The molecule has 0 aliphatic rings. The highest BCUT2D eigenvalue weighted by Gasteiger charge is 2.30. The predicted octanol–water partition coefficient (Wildman–Crippen LogP) is 2.21. The molecule has 0 aliphatic carbocycles. The minimum Gasteiger partial charge on any atom is -0.364 e. The lowest BCUT2D eigenvalue weighted by Gasteiger charge is -2.10. The molecule has 110 valence electrons. The van der Waals surface area contributed by atoms with Crippen molar-refractivity contribution in [3.8, 4) is 0 Å². The van der Waals surface area contributed by atoms with Crippen molar-refractivity contribution in [3.63, 3.8) is 0 Å². The molecule has 0 fully saturated rings. The minimum atomic E-state index is -4.40. The van der Waals surface area contributed by atoms with Crippen LogP contribution in [0.3, 0.4) is 0 Å². The maximum absolute atomic E-state index is 12.6. The SMILES string of the molecule is NC(=O)c1nccnc1NCc1cccc(C(F)(F)F)c1. The Balaban J connectivity index is 2.16. The number of nitrogens with one attached hydrogen (secondary N) is 1. The summed E-state index contributed by atoms with van der Waals surface area (Å²) in [5.41, 5.74) is 4.72. The van der Waals surface area contributed by atoms with Crippen LogP contribution >= 0.6 is 0 Å². The molecule has 5 nitrogen and oxygen atoms in total. The Morgan fingerprint density at radius 3 is 2.62 bits per heavy atom. The number of rotatable bonds is 4. The van der Waals surface area contributed by atoms with E-state index in [9.17, 15) is 18.0 Å². The zero-order chi connectivity index (χ0) is 15.5. The lowest BCUT2D eigenvalue weighted by molar-refractivity contribution is -0.137. The Kier molecular flexibility index (Phi) is 4.06. The molecule has 21 heavy (non-hydrogen) atoms. The van der Waals surface area contributed by atoms with Crippen molar-refractivity contribution in [1.82, 2.24) is 9.97 Å². The average Bonchev–Trinajstić information content (AvgIpc) is 2.45. The molecule has 0 spiro atoms. The largest absolute Gasteiger partial charge is 0.416 e. The lowest BCUT2D eigenvalue weighted by atomic mass is 10.1. The number of nitrogens with two attached hydrogens (primary N) is 1. The smallest absolute Gasteiger partial charge is 0.364 e. The van der Waals surface area contributed by atoms with E-state index in [2.05, 4.69) is 15.3 Å². The number of aromatic nitrogens is 2. The van der Waals surface area contributed by atoms with Crippen molar-refractivity contribution in [2.45, 2.75) is 12.7 Å². The Morgan fingerprint density at radius 1 is 1.24 bits per heavy atom. The molecule has 0 saturated carbocycles. The Morgan fingerprint density at radius 2 is 1.95 bits per heavy atom. The molecule has 0 unspecified atom stereocenters. The van der Waals surface area contributed by atoms with Crippen LogP contribution in [0, 0.1) is 0 Å². The monoisotopic (exact) mass is 296 g/mol. The summed E-state index contributed by atoms with van der Waals surface area (Å²) in [5, 5.41) is 2.75. The van der Waals surface area contributed by atoms with E-state index in [0.29, 0.717) is 5.56 Å². The number of amides is 1. The van der Waals surface area contributed by atoms with Gasteiger partial charge in [-0.1, -0.05) is 12.1 Å². The van der Waals surface area contributed by atoms with Gasteiger partial charge < -0.3 is 11.1 Å². The van der Waals surface area contributed by atoms with Crippen LogP contribution in [0.4, 0.5) is 19.0 Å². The molecular weight excluding hydrogens is 285 g/mol. The van der Waals surface area contributed by atoms with Gasteiger partial charge in [-0.05, 0) is 17.7 Å². The fraction of sp³-hybridized carbons (Fsp3) is 0.154. The van der Waals surface area contributed by atoms with Crippen molar-refractivity contribution in [2.75, 3.05) is 5.32 Å². The summed E-state index contributed by atoms with van der Waals surface area (Å²) >= 11 is 0. The number of anilines is 1. The van der Waals surface area contributed by atoms with Gasteiger partial charge in [0.25, 0.3) is 5.91 Å². The Hall–Kier alpha value is -2.64. The molecule has 2 aromatic rings. The number of carbonyl (C=O) groups excluding carboxylic acids is 1. The van der Waals surface area contributed by atoms with E-state index in [1.54, 1.807) is 0 Å². The van der Waals surface area contributed by atoms with E-state index in [4.69, 9.17) is 5.73 Å². The molecule has 0 atom stereocenters. The molecule has 0 saturated heterocycles. The molecule has 1 amide bonds. The number of hydrogen-bond donors (Lipinski definition) is 2. The van der Waals surface area contributed by atoms with Crippen LogP contribution < -0.4 is 11.1 Å². The number of primary amides is 1. The van der Waals surface area contributed by atoms with Gasteiger partial charge in [0.2, 0.25) is 0 Å². The third kappa shape index (κ3) is 3.68. The first-order valence-corrected chi connectivity index (χ1v) is 5.89. The highest BCUT2D eigenvalue weighted by Crippen LogP contribution is 2.29. The molecule has 1 heterocycles. The maximum Gasteiger partial charge on any atom is 0.416 e.